The van der Waals surface area contributed by atoms with Crippen LogP contribution in [0, 0.1) is 13.8 Å². The average Bonchev–Trinajstić information content (AvgIpc) is 2.59. The summed E-state index contributed by atoms with van der Waals surface area (Å²) >= 11 is 6.31. The zero-order valence-electron chi connectivity index (χ0n) is 11.2. The number of nitrogens with two attached hydrogens (primary N) is 1. The molecule has 0 aliphatic carbocycles. The van der Waals surface area contributed by atoms with Gasteiger partial charge in [0.05, 0.1) is 16.4 Å². The molecule has 18 heavy (non-hydrogen) atoms. The minimum absolute atomic E-state index is 0.345. The summed E-state index contributed by atoms with van der Waals surface area (Å²) < 4.78 is 1.73. The van der Waals surface area contributed by atoms with E-state index in [1.165, 1.54) is 0 Å². The second-order valence-electron chi connectivity index (χ2n) is 4.97. The second-order valence-corrected chi connectivity index (χ2v) is 5.38. The van der Waals surface area contributed by atoms with E-state index in [9.17, 15) is 0 Å². The number of halogens is 1. The van der Waals surface area contributed by atoms with E-state index in [0.717, 1.165) is 22.5 Å². The van der Waals surface area contributed by atoms with Crippen LogP contribution in [0.2, 0.25) is 5.02 Å². The Morgan fingerprint density at radius 2 is 1.89 bits per heavy atom. The predicted octanol–water partition coefficient (Wildman–Crippen LogP) is 3.85. The molecule has 0 spiro atoms. The Kier molecular flexibility index (Phi) is 3.35. The largest absolute Gasteiger partial charge is 0.384 e. The summed E-state index contributed by atoms with van der Waals surface area (Å²) in [6, 6.07) is 5.91. The van der Waals surface area contributed by atoms with Crippen LogP contribution >= 0.6 is 11.6 Å². The van der Waals surface area contributed by atoms with E-state index < -0.39 is 0 Å². The van der Waals surface area contributed by atoms with Gasteiger partial charge in [0.2, 0.25) is 0 Å². The lowest BCUT2D eigenvalue weighted by Crippen LogP contribution is -2.05. The highest BCUT2D eigenvalue weighted by Gasteiger charge is 2.14. The Morgan fingerprint density at radius 1 is 1.22 bits per heavy atom. The first-order chi connectivity index (χ1) is 8.40. The summed E-state index contributed by atoms with van der Waals surface area (Å²) in [7, 11) is 0. The van der Waals surface area contributed by atoms with Crippen LogP contribution in [0.15, 0.2) is 18.2 Å². The highest BCUT2D eigenvalue weighted by Crippen LogP contribution is 2.28. The molecule has 1 heterocycles. The molecular weight excluding hydrogens is 246 g/mol. The van der Waals surface area contributed by atoms with Crippen molar-refractivity contribution in [2.45, 2.75) is 33.6 Å². The van der Waals surface area contributed by atoms with Gasteiger partial charge in [0.15, 0.2) is 0 Å². The first kappa shape index (κ1) is 13.0. The van der Waals surface area contributed by atoms with Gasteiger partial charge in [0.1, 0.15) is 5.82 Å². The van der Waals surface area contributed by atoms with Crippen molar-refractivity contribution in [3.8, 4) is 5.69 Å². The zero-order valence-corrected chi connectivity index (χ0v) is 11.9. The minimum atomic E-state index is 0.345. The van der Waals surface area contributed by atoms with Crippen molar-refractivity contribution >= 4 is 17.4 Å². The lowest BCUT2D eigenvalue weighted by Gasteiger charge is -2.11. The first-order valence-electron chi connectivity index (χ1n) is 6.02. The molecule has 0 saturated heterocycles. The van der Waals surface area contributed by atoms with E-state index in [1.807, 2.05) is 26.0 Å². The third kappa shape index (κ3) is 2.23. The highest BCUT2D eigenvalue weighted by atomic mass is 35.5. The lowest BCUT2D eigenvalue weighted by molar-refractivity contribution is 0.769. The van der Waals surface area contributed by atoms with E-state index >= 15 is 0 Å². The Bertz CT molecular complexity index is 562. The SMILES string of the molecule is Cc1cc(C)c(-n2nc(C(C)C)cc2N)c(Cl)c1. The van der Waals surface area contributed by atoms with Gasteiger partial charge < -0.3 is 5.73 Å². The molecule has 0 aliphatic rings. The van der Waals surface area contributed by atoms with Gasteiger partial charge >= 0.3 is 0 Å². The van der Waals surface area contributed by atoms with Gasteiger partial charge in [-0.3, -0.25) is 0 Å². The van der Waals surface area contributed by atoms with Gasteiger partial charge in [-0.2, -0.15) is 5.10 Å². The molecule has 0 atom stereocenters. The first-order valence-corrected chi connectivity index (χ1v) is 6.40. The quantitative estimate of drug-likeness (QED) is 0.894. The average molecular weight is 264 g/mol. The standard InChI is InChI=1S/C14H18ClN3/c1-8(2)12-7-13(16)18(17-12)14-10(4)5-9(3)6-11(14)15/h5-8H,16H2,1-4H3. The van der Waals surface area contributed by atoms with Gasteiger partial charge in [-0.05, 0) is 37.0 Å². The monoisotopic (exact) mass is 263 g/mol. The Labute approximate surface area is 113 Å². The van der Waals surface area contributed by atoms with Crippen molar-refractivity contribution in [2.24, 2.45) is 0 Å². The number of nitrogens with zero attached hydrogens (tertiary/aromatic N) is 2. The van der Waals surface area contributed by atoms with E-state index in [-0.39, 0.29) is 0 Å². The number of aryl methyl sites for hydroxylation is 2. The van der Waals surface area contributed by atoms with Gasteiger partial charge in [-0.25, -0.2) is 4.68 Å². The number of benzene rings is 1. The van der Waals surface area contributed by atoms with Gasteiger partial charge in [0, 0.05) is 6.07 Å². The zero-order chi connectivity index (χ0) is 13.4. The van der Waals surface area contributed by atoms with Crippen molar-refractivity contribution in [3.63, 3.8) is 0 Å². The molecule has 2 rings (SSSR count). The third-order valence-electron chi connectivity index (χ3n) is 2.96. The van der Waals surface area contributed by atoms with Crippen molar-refractivity contribution < 1.29 is 0 Å². The highest BCUT2D eigenvalue weighted by molar-refractivity contribution is 6.32. The van der Waals surface area contributed by atoms with Crippen LogP contribution in [0.3, 0.4) is 0 Å². The molecule has 0 bridgehead atoms. The summed E-state index contributed by atoms with van der Waals surface area (Å²) in [5, 5.41) is 5.22. The Hall–Kier alpha value is -1.48. The molecule has 0 fully saturated rings. The Balaban J connectivity index is 2.62. The molecule has 2 aromatic rings. The summed E-state index contributed by atoms with van der Waals surface area (Å²) in [6.45, 7) is 8.23. The maximum absolute atomic E-state index is 6.31. The molecule has 3 nitrogen and oxygen atoms in total. The number of nitrogen functional groups attached to an aromatic ring is 1. The fourth-order valence-corrected chi connectivity index (χ4v) is 2.45. The predicted molar refractivity (Wildman–Crippen MR) is 76.5 cm³/mol. The van der Waals surface area contributed by atoms with Gasteiger partial charge in [0.25, 0.3) is 0 Å². The van der Waals surface area contributed by atoms with Crippen LogP contribution in [0.5, 0.6) is 0 Å². The second kappa shape index (κ2) is 4.65. The van der Waals surface area contributed by atoms with Crippen molar-refractivity contribution in [1.82, 2.24) is 9.78 Å². The topological polar surface area (TPSA) is 43.8 Å². The molecule has 1 aromatic heterocycles. The van der Waals surface area contributed by atoms with Crippen molar-refractivity contribution in [3.05, 3.63) is 40.0 Å². The Morgan fingerprint density at radius 3 is 2.39 bits per heavy atom. The molecule has 0 amide bonds. The molecule has 4 heteroatoms. The maximum atomic E-state index is 6.31. The maximum Gasteiger partial charge on any atom is 0.127 e. The van der Waals surface area contributed by atoms with E-state index in [0.29, 0.717) is 16.8 Å². The molecule has 2 N–H and O–H groups in total. The lowest BCUT2D eigenvalue weighted by atomic mass is 10.1. The number of aromatic nitrogens is 2. The third-order valence-corrected chi connectivity index (χ3v) is 3.25. The molecule has 96 valence electrons. The molecule has 0 radical (unpaired) electrons. The molecule has 0 aliphatic heterocycles. The van der Waals surface area contributed by atoms with Crippen LogP contribution in [-0.2, 0) is 0 Å². The minimum Gasteiger partial charge on any atom is -0.384 e. The smallest absolute Gasteiger partial charge is 0.127 e. The van der Waals surface area contributed by atoms with Crippen molar-refractivity contribution in [1.29, 1.82) is 0 Å². The van der Waals surface area contributed by atoms with Crippen molar-refractivity contribution in [2.75, 3.05) is 5.73 Å². The van der Waals surface area contributed by atoms with Crippen LogP contribution in [0.1, 0.15) is 36.6 Å². The summed E-state index contributed by atoms with van der Waals surface area (Å²) in [5.74, 6) is 0.964. The molecule has 1 aromatic carbocycles. The summed E-state index contributed by atoms with van der Waals surface area (Å²) in [5.41, 5.74) is 10.1. The van der Waals surface area contributed by atoms with Crippen LogP contribution in [-0.4, -0.2) is 9.78 Å². The van der Waals surface area contributed by atoms with E-state index in [2.05, 4.69) is 25.0 Å². The molecular formula is C14H18ClN3. The fraction of sp³-hybridized carbons (Fsp3) is 0.357. The fourth-order valence-electron chi connectivity index (χ4n) is 2.05. The summed E-state index contributed by atoms with van der Waals surface area (Å²) in [6.07, 6.45) is 0. The van der Waals surface area contributed by atoms with Crippen LogP contribution < -0.4 is 5.73 Å². The summed E-state index contributed by atoms with van der Waals surface area (Å²) in [4.78, 5) is 0. The number of rotatable bonds is 2. The van der Waals surface area contributed by atoms with E-state index in [1.54, 1.807) is 4.68 Å². The molecule has 0 unspecified atom stereocenters. The van der Waals surface area contributed by atoms with Crippen LogP contribution in [0.4, 0.5) is 5.82 Å². The number of anilines is 1. The number of hydrogen-bond donors (Lipinski definition) is 1. The van der Waals surface area contributed by atoms with Gasteiger partial charge in [-0.15, -0.1) is 0 Å². The van der Waals surface area contributed by atoms with Crippen LogP contribution in [0.25, 0.3) is 5.69 Å². The van der Waals surface area contributed by atoms with E-state index in [4.69, 9.17) is 17.3 Å². The van der Waals surface area contributed by atoms with Gasteiger partial charge in [-0.1, -0.05) is 31.5 Å². The normalized spacial score (nSPS) is 11.2. The number of hydrogen-bond acceptors (Lipinski definition) is 2. The molecule has 0 saturated carbocycles.